The van der Waals surface area contributed by atoms with Crippen LogP contribution in [-0.2, 0) is 4.79 Å². The Labute approximate surface area is 120 Å². The monoisotopic (exact) mass is 277 g/mol. The number of anilines is 1. The topological polar surface area (TPSA) is 58.6 Å². The quantitative estimate of drug-likeness (QED) is 0.786. The van der Waals surface area contributed by atoms with Crippen LogP contribution in [0.15, 0.2) is 24.3 Å². The van der Waals surface area contributed by atoms with Gasteiger partial charge in [0.1, 0.15) is 5.75 Å². The summed E-state index contributed by atoms with van der Waals surface area (Å²) in [5, 5.41) is 11.7. The molecule has 110 valence electrons. The molecule has 4 heteroatoms. The second kappa shape index (κ2) is 7.90. The van der Waals surface area contributed by atoms with Gasteiger partial charge in [-0.15, -0.1) is 0 Å². The number of carbonyl (C=O) groups is 1. The van der Waals surface area contributed by atoms with Crippen LogP contribution in [0.4, 0.5) is 5.69 Å². The van der Waals surface area contributed by atoms with Crippen LogP contribution in [0.3, 0.4) is 0 Å². The van der Waals surface area contributed by atoms with Crippen molar-refractivity contribution in [2.24, 2.45) is 5.92 Å². The average Bonchev–Trinajstić information content (AvgIpc) is 2.50. The molecule has 1 aromatic rings. The number of amides is 1. The molecule has 2 rings (SSSR count). The average molecular weight is 277 g/mol. The molecule has 0 atom stereocenters. The third-order valence-corrected chi connectivity index (χ3v) is 3.67. The van der Waals surface area contributed by atoms with E-state index < -0.39 is 0 Å². The van der Waals surface area contributed by atoms with Crippen LogP contribution in [0, 0.1) is 5.92 Å². The van der Waals surface area contributed by atoms with E-state index >= 15 is 0 Å². The van der Waals surface area contributed by atoms with Crippen LogP contribution in [0.2, 0.25) is 0 Å². The minimum absolute atomic E-state index is 0.134. The molecule has 0 unspecified atom stereocenters. The van der Waals surface area contributed by atoms with E-state index in [0.717, 1.165) is 37.1 Å². The fraction of sp³-hybridized carbons (Fsp3) is 0.562. The van der Waals surface area contributed by atoms with E-state index in [0.29, 0.717) is 13.0 Å². The van der Waals surface area contributed by atoms with Crippen LogP contribution >= 0.6 is 0 Å². The second-order valence-electron chi connectivity index (χ2n) is 5.27. The van der Waals surface area contributed by atoms with E-state index in [-0.39, 0.29) is 18.4 Å². The first kappa shape index (κ1) is 14.9. The molecule has 0 heterocycles. The number of rotatable bonds is 6. The lowest BCUT2D eigenvalue weighted by Crippen LogP contribution is -2.24. The standard InChI is InChI=1S/C16H23NO3/c18-11-4-12-20-15-9-7-14(8-10-15)17-16(19)13-5-2-1-3-6-13/h7-10,13,18H,1-6,11-12H2,(H,17,19). The molecule has 1 fully saturated rings. The lowest BCUT2D eigenvalue weighted by molar-refractivity contribution is -0.120. The lowest BCUT2D eigenvalue weighted by atomic mass is 9.88. The number of hydrogen-bond donors (Lipinski definition) is 2. The summed E-state index contributed by atoms with van der Waals surface area (Å²) >= 11 is 0. The zero-order chi connectivity index (χ0) is 14.2. The van der Waals surface area contributed by atoms with Crippen LogP contribution in [0.5, 0.6) is 5.75 Å². The summed E-state index contributed by atoms with van der Waals surface area (Å²) in [7, 11) is 0. The zero-order valence-electron chi connectivity index (χ0n) is 11.8. The molecule has 4 nitrogen and oxygen atoms in total. The fourth-order valence-corrected chi connectivity index (χ4v) is 2.50. The molecule has 1 amide bonds. The molecular formula is C16H23NO3. The Bertz CT molecular complexity index is 410. The molecule has 0 aliphatic heterocycles. The number of ether oxygens (including phenoxy) is 1. The Hall–Kier alpha value is -1.55. The predicted molar refractivity (Wildman–Crippen MR) is 78.8 cm³/mol. The van der Waals surface area contributed by atoms with E-state index in [4.69, 9.17) is 9.84 Å². The number of aliphatic hydroxyl groups is 1. The highest BCUT2D eigenvalue weighted by Gasteiger charge is 2.20. The number of aliphatic hydroxyl groups excluding tert-OH is 1. The summed E-state index contributed by atoms with van der Waals surface area (Å²) < 4.78 is 5.45. The van der Waals surface area contributed by atoms with Crippen molar-refractivity contribution in [1.29, 1.82) is 0 Å². The summed E-state index contributed by atoms with van der Waals surface area (Å²) in [6, 6.07) is 7.39. The summed E-state index contributed by atoms with van der Waals surface area (Å²) in [6.07, 6.45) is 6.22. The van der Waals surface area contributed by atoms with Gasteiger partial charge in [0, 0.05) is 24.6 Å². The molecule has 1 aromatic carbocycles. The van der Waals surface area contributed by atoms with Crippen LogP contribution in [-0.4, -0.2) is 24.2 Å². The van der Waals surface area contributed by atoms with E-state index in [9.17, 15) is 4.79 Å². The van der Waals surface area contributed by atoms with Gasteiger partial charge in [0.05, 0.1) is 6.61 Å². The largest absolute Gasteiger partial charge is 0.494 e. The molecule has 20 heavy (non-hydrogen) atoms. The molecule has 0 saturated heterocycles. The highest BCUT2D eigenvalue weighted by Crippen LogP contribution is 2.25. The van der Waals surface area contributed by atoms with Crippen LogP contribution in [0.25, 0.3) is 0 Å². The summed E-state index contributed by atoms with van der Waals surface area (Å²) in [4.78, 5) is 12.1. The molecule has 0 spiro atoms. The maximum absolute atomic E-state index is 12.1. The Morgan fingerprint density at radius 1 is 1.20 bits per heavy atom. The maximum Gasteiger partial charge on any atom is 0.227 e. The number of benzene rings is 1. The first-order chi connectivity index (χ1) is 9.79. The van der Waals surface area contributed by atoms with E-state index in [1.165, 1.54) is 6.42 Å². The van der Waals surface area contributed by atoms with Gasteiger partial charge in [-0.2, -0.15) is 0 Å². The fourth-order valence-electron chi connectivity index (χ4n) is 2.50. The number of carbonyl (C=O) groups excluding carboxylic acids is 1. The minimum atomic E-state index is 0.134. The van der Waals surface area contributed by atoms with Crippen molar-refractivity contribution < 1.29 is 14.6 Å². The summed E-state index contributed by atoms with van der Waals surface area (Å²) in [5.41, 5.74) is 0.815. The van der Waals surface area contributed by atoms with Crippen LogP contribution < -0.4 is 10.1 Å². The van der Waals surface area contributed by atoms with Crippen molar-refractivity contribution in [3.8, 4) is 5.75 Å². The Morgan fingerprint density at radius 3 is 2.55 bits per heavy atom. The van der Waals surface area contributed by atoms with Gasteiger partial charge in [0.25, 0.3) is 0 Å². The third kappa shape index (κ3) is 4.53. The third-order valence-electron chi connectivity index (χ3n) is 3.67. The van der Waals surface area contributed by atoms with Gasteiger partial charge < -0.3 is 15.2 Å². The molecule has 0 radical (unpaired) electrons. The molecule has 1 aliphatic rings. The molecule has 1 saturated carbocycles. The van der Waals surface area contributed by atoms with E-state index in [2.05, 4.69) is 5.32 Å². The van der Waals surface area contributed by atoms with Gasteiger partial charge in [-0.1, -0.05) is 19.3 Å². The molecule has 2 N–H and O–H groups in total. The Morgan fingerprint density at radius 2 is 1.90 bits per heavy atom. The molecule has 0 aromatic heterocycles. The first-order valence-corrected chi connectivity index (χ1v) is 7.44. The van der Waals surface area contributed by atoms with Crippen molar-refractivity contribution >= 4 is 11.6 Å². The van der Waals surface area contributed by atoms with Crippen molar-refractivity contribution in [2.75, 3.05) is 18.5 Å². The van der Waals surface area contributed by atoms with E-state index in [1.807, 2.05) is 24.3 Å². The predicted octanol–water partition coefficient (Wildman–Crippen LogP) is 2.97. The van der Waals surface area contributed by atoms with Crippen molar-refractivity contribution in [3.63, 3.8) is 0 Å². The van der Waals surface area contributed by atoms with Crippen molar-refractivity contribution in [1.82, 2.24) is 0 Å². The number of hydrogen-bond acceptors (Lipinski definition) is 3. The van der Waals surface area contributed by atoms with Crippen LogP contribution in [0.1, 0.15) is 38.5 Å². The summed E-state index contributed by atoms with van der Waals surface area (Å²) in [5.74, 6) is 1.07. The Kier molecular flexibility index (Phi) is 5.87. The van der Waals surface area contributed by atoms with Gasteiger partial charge >= 0.3 is 0 Å². The van der Waals surface area contributed by atoms with Gasteiger partial charge in [-0.25, -0.2) is 0 Å². The van der Waals surface area contributed by atoms with Gasteiger partial charge in [0.15, 0.2) is 0 Å². The highest BCUT2D eigenvalue weighted by molar-refractivity contribution is 5.92. The van der Waals surface area contributed by atoms with Crippen molar-refractivity contribution in [3.05, 3.63) is 24.3 Å². The summed E-state index contributed by atoms with van der Waals surface area (Å²) in [6.45, 7) is 0.639. The molecular weight excluding hydrogens is 254 g/mol. The lowest BCUT2D eigenvalue weighted by Gasteiger charge is -2.20. The van der Waals surface area contributed by atoms with Crippen molar-refractivity contribution in [2.45, 2.75) is 38.5 Å². The smallest absolute Gasteiger partial charge is 0.227 e. The molecule has 0 bridgehead atoms. The minimum Gasteiger partial charge on any atom is -0.494 e. The SMILES string of the molecule is O=C(Nc1ccc(OCCCO)cc1)C1CCCCC1. The highest BCUT2D eigenvalue weighted by atomic mass is 16.5. The van der Waals surface area contributed by atoms with Gasteiger partial charge in [-0.05, 0) is 37.1 Å². The second-order valence-corrected chi connectivity index (χ2v) is 5.27. The molecule has 1 aliphatic carbocycles. The van der Waals surface area contributed by atoms with Gasteiger partial charge in [-0.3, -0.25) is 4.79 Å². The first-order valence-electron chi connectivity index (χ1n) is 7.44. The van der Waals surface area contributed by atoms with Gasteiger partial charge in [0.2, 0.25) is 5.91 Å². The Balaban J connectivity index is 1.81. The number of nitrogens with one attached hydrogen (secondary N) is 1. The zero-order valence-corrected chi connectivity index (χ0v) is 11.8. The maximum atomic E-state index is 12.1. The normalized spacial score (nSPS) is 15.8. The van der Waals surface area contributed by atoms with E-state index in [1.54, 1.807) is 0 Å².